The first-order valence-electron chi connectivity index (χ1n) is 8.86. The van der Waals surface area contributed by atoms with Crippen LogP contribution in [0.2, 0.25) is 0 Å². The van der Waals surface area contributed by atoms with Crippen LogP contribution in [0.4, 0.5) is 0 Å². The number of carbonyl (C=O) groups excluding carboxylic acids is 1. The Labute approximate surface area is 170 Å². The average Bonchev–Trinajstić information content (AvgIpc) is 3.02. The van der Waals surface area contributed by atoms with Crippen molar-refractivity contribution in [2.45, 2.75) is 44.8 Å². The minimum absolute atomic E-state index is 0.0136. The first kappa shape index (κ1) is 21.5. The molecular formula is C21H25N5OS. The van der Waals surface area contributed by atoms with Crippen LogP contribution in [0.5, 0.6) is 0 Å². The van der Waals surface area contributed by atoms with Crippen LogP contribution in [0, 0.1) is 11.3 Å². The molecule has 0 amide bonds. The van der Waals surface area contributed by atoms with Gasteiger partial charge in [-0.15, -0.1) is 16.8 Å². The van der Waals surface area contributed by atoms with Crippen LogP contribution in [0.25, 0.3) is 11.4 Å². The van der Waals surface area contributed by atoms with Gasteiger partial charge in [-0.1, -0.05) is 62.9 Å². The number of rotatable bonds is 7. The lowest BCUT2D eigenvalue weighted by Gasteiger charge is -2.19. The number of hydrogen-bond donors (Lipinski definition) is 1. The molecule has 146 valence electrons. The highest BCUT2D eigenvalue weighted by Crippen LogP contribution is 2.28. The Morgan fingerprint density at radius 2 is 1.96 bits per heavy atom. The first-order chi connectivity index (χ1) is 13.2. The van der Waals surface area contributed by atoms with Crippen molar-refractivity contribution >= 4 is 17.5 Å². The molecular weight excluding hydrogens is 370 g/mol. The minimum atomic E-state index is -0.322. The lowest BCUT2D eigenvalue weighted by molar-refractivity contribution is -0.112. The molecule has 2 aromatic rings. The number of hydrogen-bond acceptors (Lipinski definition) is 6. The third-order valence-corrected chi connectivity index (χ3v) is 5.12. The number of benzene rings is 1. The quantitative estimate of drug-likeness (QED) is 0.331. The highest BCUT2D eigenvalue weighted by atomic mass is 32.2. The zero-order chi connectivity index (χ0) is 20.9. The predicted molar refractivity (Wildman–Crippen MR) is 113 cm³/mol. The molecule has 0 aliphatic rings. The zero-order valence-electron chi connectivity index (χ0n) is 16.7. The molecule has 0 spiro atoms. The SMILES string of the molecule is C=CCn1c(SCC(=O)/C(C#N)=C(\C)N)nnc1-c1ccc(C(C)(C)C)cc1. The summed E-state index contributed by atoms with van der Waals surface area (Å²) < 4.78 is 1.90. The normalized spacial score (nSPS) is 12.2. The number of Topliss-reactive ketones (excluding diaryl/α,β-unsaturated/α-hetero) is 1. The van der Waals surface area contributed by atoms with Crippen LogP contribution in [-0.4, -0.2) is 26.3 Å². The molecule has 0 fully saturated rings. The molecule has 0 atom stereocenters. The number of allylic oxidation sites excluding steroid dienone is 3. The van der Waals surface area contributed by atoms with Crippen LogP contribution in [0.3, 0.4) is 0 Å². The molecule has 2 rings (SSSR count). The van der Waals surface area contributed by atoms with Crippen molar-refractivity contribution in [3.8, 4) is 17.5 Å². The highest BCUT2D eigenvalue weighted by Gasteiger charge is 2.18. The van der Waals surface area contributed by atoms with Crippen LogP contribution < -0.4 is 5.73 Å². The van der Waals surface area contributed by atoms with E-state index in [0.29, 0.717) is 17.5 Å². The van der Waals surface area contributed by atoms with E-state index in [4.69, 9.17) is 11.0 Å². The van der Waals surface area contributed by atoms with Gasteiger partial charge in [0.15, 0.2) is 16.8 Å². The number of nitrogens with two attached hydrogens (primary N) is 1. The number of nitrogens with zero attached hydrogens (tertiary/aromatic N) is 4. The van der Waals surface area contributed by atoms with Crippen molar-refractivity contribution < 1.29 is 4.79 Å². The maximum Gasteiger partial charge on any atom is 0.192 e. The van der Waals surface area contributed by atoms with Gasteiger partial charge < -0.3 is 5.73 Å². The van der Waals surface area contributed by atoms with Crippen molar-refractivity contribution in [1.82, 2.24) is 14.8 Å². The molecule has 1 aromatic heterocycles. The fourth-order valence-corrected chi connectivity index (χ4v) is 3.41. The molecule has 6 nitrogen and oxygen atoms in total. The summed E-state index contributed by atoms with van der Waals surface area (Å²) in [5.41, 5.74) is 8.05. The van der Waals surface area contributed by atoms with Gasteiger partial charge in [-0.3, -0.25) is 9.36 Å². The van der Waals surface area contributed by atoms with E-state index in [9.17, 15) is 4.79 Å². The summed E-state index contributed by atoms with van der Waals surface area (Å²) in [4.78, 5) is 12.2. The summed E-state index contributed by atoms with van der Waals surface area (Å²) in [5, 5.41) is 18.2. The number of carbonyl (C=O) groups is 1. The summed E-state index contributed by atoms with van der Waals surface area (Å²) in [5.74, 6) is 0.452. The summed E-state index contributed by atoms with van der Waals surface area (Å²) in [7, 11) is 0. The van der Waals surface area contributed by atoms with E-state index in [0.717, 1.165) is 5.56 Å². The Balaban J connectivity index is 2.29. The van der Waals surface area contributed by atoms with Crippen LogP contribution in [0.15, 0.2) is 53.3 Å². The number of aromatic nitrogens is 3. The van der Waals surface area contributed by atoms with Crippen molar-refractivity contribution in [1.29, 1.82) is 5.26 Å². The molecule has 0 bridgehead atoms. The number of thioether (sulfide) groups is 1. The van der Waals surface area contributed by atoms with Gasteiger partial charge in [0.1, 0.15) is 11.6 Å². The second kappa shape index (κ2) is 8.89. The summed E-state index contributed by atoms with van der Waals surface area (Å²) in [6, 6.07) is 10.1. The average molecular weight is 396 g/mol. The molecule has 0 aliphatic carbocycles. The highest BCUT2D eigenvalue weighted by molar-refractivity contribution is 7.99. The molecule has 1 aromatic carbocycles. The molecule has 0 radical (unpaired) electrons. The van der Waals surface area contributed by atoms with E-state index in [1.54, 1.807) is 13.0 Å². The van der Waals surface area contributed by atoms with E-state index < -0.39 is 0 Å². The largest absolute Gasteiger partial charge is 0.401 e. The van der Waals surface area contributed by atoms with Crippen molar-refractivity contribution in [3.63, 3.8) is 0 Å². The molecule has 0 saturated heterocycles. The van der Waals surface area contributed by atoms with Crippen molar-refractivity contribution in [2.24, 2.45) is 5.73 Å². The fourth-order valence-electron chi connectivity index (χ4n) is 2.59. The van der Waals surface area contributed by atoms with Crippen molar-refractivity contribution in [3.05, 3.63) is 53.8 Å². The molecule has 0 aliphatic heterocycles. The van der Waals surface area contributed by atoms with Gasteiger partial charge in [0.2, 0.25) is 0 Å². The summed E-state index contributed by atoms with van der Waals surface area (Å²) in [6.07, 6.45) is 1.76. The Bertz CT molecular complexity index is 939. The van der Waals surface area contributed by atoms with Crippen LogP contribution in [0.1, 0.15) is 33.3 Å². The van der Waals surface area contributed by atoms with Gasteiger partial charge in [-0.2, -0.15) is 5.26 Å². The van der Waals surface area contributed by atoms with E-state index >= 15 is 0 Å². The number of nitriles is 1. The summed E-state index contributed by atoms with van der Waals surface area (Å²) in [6.45, 7) is 12.4. The van der Waals surface area contributed by atoms with E-state index in [1.807, 2.05) is 22.8 Å². The Hall–Kier alpha value is -2.85. The summed E-state index contributed by atoms with van der Waals surface area (Å²) >= 11 is 1.23. The van der Waals surface area contributed by atoms with Gasteiger partial charge in [-0.05, 0) is 17.9 Å². The van der Waals surface area contributed by atoms with Crippen molar-refractivity contribution in [2.75, 3.05) is 5.75 Å². The van der Waals surface area contributed by atoms with Gasteiger partial charge >= 0.3 is 0 Å². The Morgan fingerprint density at radius 1 is 1.32 bits per heavy atom. The maximum absolute atomic E-state index is 12.2. The monoisotopic (exact) mass is 395 g/mol. The smallest absolute Gasteiger partial charge is 0.192 e. The minimum Gasteiger partial charge on any atom is -0.401 e. The number of ketones is 1. The van der Waals surface area contributed by atoms with Gasteiger partial charge in [0.05, 0.1) is 5.75 Å². The van der Waals surface area contributed by atoms with Gasteiger partial charge in [0, 0.05) is 17.8 Å². The second-order valence-corrected chi connectivity index (χ2v) is 8.36. The maximum atomic E-state index is 12.2. The lowest BCUT2D eigenvalue weighted by Crippen LogP contribution is -2.11. The van der Waals surface area contributed by atoms with Gasteiger partial charge in [0.25, 0.3) is 0 Å². The van der Waals surface area contributed by atoms with Crippen LogP contribution >= 0.6 is 11.8 Å². The molecule has 28 heavy (non-hydrogen) atoms. The predicted octanol–water partition coefficient (Wildman–Crippen LogP) is 3.85. The topological polar surface area (TPSA) is 97.6 Å². The molecule has 1 heterocycles. The molecule has 0 saturated carbocycles. The Kier molecular flexibility index (Phi) is 6.81. The zero-order valence-corrected chi connectivity index (χ0v) is 17.5. The van der Waals surface area contributed by atoms with Gasteiger partial charge in [-0.25, -0.2) is 0 Å². The molecule has 7 heteroatoms. The lowest BCUT2D eigenvalue weighted by atomic mass is 9.87. The molecule has 2 N–H and O–H groups in total. The molecule has 0 unspecified atom stereocenters. The first-order valence-corrected chi connectivity index (χ1v) is 9.85. The second-order valence-electron chi connectivity index (χ2n) is 7.41. The van der Waals surface area contributed by atoms with Crippen LogP contribution in [-0.2, 0) is 16.8 Å². The Morgan fingerprint density at radius 3 is 2.46 bits per heavy atom. The standard InChI is InChI=1S/C21H25N5OS/c1-6-11-26-19(15-7-9-16(10-8-15)21(3,4)5)24-25-20(26)28-13-18(27)17(12-22)14(2)23/h6-10H,1,11,13,23H2,2-5H3/b17-14+. The fraction of sp³-hybridized carbons (Fsp3) is 0.333. The van der Waals surface area contributed by atoms with E-state index in [-0.39, 0.29) is 28.2 Å². The van der Waals surface area contributed by atoms with E-state index in [2.05, 4.69) is 49.7 Å². The van der Waals surface area contributed by atoms with E-state index in [1.165, 1.54) is 17.3 Å². The third-order valence-electron chi connectivity index (χ3n) is 4.15. The third kappa shape index (κ3) is 4.90.